The van der Waals surface area contributed by atoms with Crippen molar-refractivity contribution in [2.45, 2.75) is 32.5 Å². The summed E-state index contributed by atoms with van der Waals surface area (Å²) in [5.74, 6) is 0.475. The van der Waals surface area contributed by atoms with E-state index in [0.717, 1.165) is 6.54 Å². The minimum Gasteiger partial charge on any atom is -0.374 e. The molecule has 0 radical (unpaired) electrons. The first-order chi connectivity index (χ1) is 12.1. The first kappa shape index (κ1) is 16.6. The lowest BCUT2D eigenvalue weighted by Gasteiger charge is -2.27. The number of allylic oxidation sites excluding steroid dienone is 6. The Morgan fingerprint density at radius 2 is 1.84 bits per heavy atom. The van der Waals surface area contributed by atoms with Gasteiger partial charge in [-0.15, -0.1) is 0 Å². The molecule has 0 bridgehead atoms. The van der Waals surface area contributed by atoms with Gasteiger partial charge < -0.3 is 9.88 Å². The van der Waals surface area contributed by atoms with Crippen molar-refractivity contribution in [3.63, 3.8) is 0 Å². The summed E-state index contributed by atoms with van der Waals surface area (Å²) in [4.78, 5) is 6.54. The Balaban J connectivity index is 1.59. The summed E-state index contributed by atoms with van der Waals surface area (Å²) in [6.45, 7) is 8.30. The SMILES string of the molecule is C[Si](C)(NCc1ccccc1)C1=C2C=CC=CC2C(N2CCCC2)=C1. The number of rotatable bonds is 5. The fraction of sp³-hybridized carbons (Fsp3) is 0.364. The van der Waals surface area contributed by atoms with Crippen LogP contribution in [0.3, 0.4) is 0 Å². The van der Waals surface area contributed by atoms with E-state index in [9.17, 15) is 0 Å². The third-order valence-corrected chi connectivity index (χ3v) is 8.51. The highest BCUT2D eigenvalue weighted by Crippen LogP contribution is 2.41. The number of nitrogens with one attached hydrogen (secondary N) is 1. The topological polar surface area (TPSA) is 15.3 Å². The standard InChI is InChI=1S/C22H28N2Si/c1-25(2,23-17-18-10-4-3-5-11-18)22-16-21(24-14-8-9-15-24)19-12-6-7-13-20(19)22/h3-7,10-13,16,19,23H,8-9,14-15,17H2,1-2H3. The summed E-state index contributed by atoms with van der Waals surface area (Å²) in [7, 11) is -1.71. The highest BCUT2D eigenvalue weighted by atomic mass is 28.3. The van der Waals surface area contributed by atoms with Crippen LogP contribution in [0.4, 0.5) is 0 Å². The Kier molecular flexibility index (Phi) is 4.53. The molecule has 1 fully saturated rings. The summed E-state index contributed by atoms with van der Waals surface area (Å²) < 4.78 is 0. The molecular formula is C22H28N2Si. The molecule has 2 aliphatic carbocycles. The molecule has 1 unspecified atom stereocenters. The van der Waals surface area contributed by atoms with Crippen LogP contribution in [0.2, 0.25) is 13.1 Å². The smallest absolute Gasteiger partial charge is 0.152 e. The molecule has 1 aromatic rings. The van der Waals surface area contributed by atoms with Crippen LogP contribution in [0.5, 0.6) is 0 Å². The van der Waals surface area contributed by atoms with E-state index in [1.165, 1.54) is 42.8 Å². The fourth-order valence-electron chi connectivity index (χ4n) is 4.20. The monoisotopic (exact) mass is 348 g/mol. The molecule has 0 spiro atoms. The normalized spacial score (nSPS) is 22.6. The second-order valence-electron chi connectivity index (χ2n) is 7.82. The van der Waals surface area contributed by atoms with Gasteiger partial charge in [0.05, 0.1) is 0 Å². The van der Waals surface area contributed by atoms with Gasteiger partial charge in [-0.05, 0) is 35.3 Å². The Labute approximate surface area is 152 Å². The molecule has 1 aromatic carbocycles. The predicted molar refractivity (Wildman–Crippen MR) is 108 cm³/mol. The van der Waals surface area contributed by atoms with Gasteiger partial charge in [0.2, 0.25) is 0 Å². The summed E-state index contributed by atoms with van der Waals surface area (Å²) >= 11 is 0. The Morgan fingerprint density at radius 1 is 1.08 bits per heavy atom. The first-order valence-corrected chi connectivity index (χ1v) is 12.5. The van der Waals surface area contributed by atoms with Gasteiger partial charge in [0.15, 0.2) is 8.24 Å². The molecule has 0 aromatic heterocycles. The molecule has 1 heterocycles. The molecule has 1 aliphatic heterocycles. The van der Waals surface area contributed by atoms with E-state index in [2.05, 4.69) is 83.7 Å². The number of hydrogen-bond donors (Lipinski definition) is 1. The van der Waals surface area contributed by atoms with Crippen molar-refractivity contribution in [3.8, 4) is 0 Å². The zero-order valence-electron chi connectivity index (χ0n) is 15.3. The molecule has 0 amide bonds. The van der Waals surface area contributed by atoms with E-state index >= 15 is 0 Å². The molecule has 25 heavy (non-hydrogen) atoms. The van der Waals surface area contributed by atoms with Crippen molar-refractivity contribution >= 4 is 8.24 Å². The second-order valence-corrected chi connectivity index (χ2v) is 12.0. The zero-order chi connectivity index (χ0) is 17.3. The molecule has 130 valence electrons. The van der Waals surface area contributed by atoms with E-state index in [1.54, 1.807) is 5.20 Å². The van der Waals surface area contributed by atoms with Gasteiger partial charge in [0, 0.05) is 31.2 Å². The van der Waals surface area contributed by atoms with Gasteiger partial charge in [0.25, 0.3) is 0 Å². The van der Waals surface area contributed by atoms with Gasteiger partial charge in [0.1, 0.15) is 0 Å². The second kappa shape index (κ2) is 6.81. The summed E-state index contributed by atoms with van der Waals surface area (Å²) in [6.07, 6.45) is 14.3. The highest BCUT2D eigenvalue weighted by molar-refractivity contribution is 6.83. The average molecular weight is 349 g/mol. The average Bonchev–Trinajstić information content (AvgIpc) is 3.28. The minimum absolute atomic E-state index is 0.475. The number of hydrogen-bond acceptors (Lipinski definition) is 2. The van der Waals surface area contributed by atoms with E-state index in [4.69, 9.17) is 0 Å². The van der Waals surface area contributed by atoms with Crippen molar-refractivity contribution in [3.05, 3.63) is 82.7 Å². The molecule has 1 N–H and O–H groups in total. The first-order valence-electron chi connectivity index (χ1n) is 9.50. The van der Waals surface area contributed by atoms with E-state index in [0.29, 0.717) is 5.92 Å². The van der Waals surface area contributed by atoms with Crippen LogP contribution in [0.15, 0.2) is 77.2 Å². The molecule has 2 nitrogen and oxygen atoms in total. The van der Waals surface area contributed by atoms with Crippen LogP contribution < -0.4 is 4.98 Å². The van der Waals surface area contributed by atoms with E-state index in [1.807, 2.05) is 0 Å². The lowest BCUT2D eigenvalue weighted by atomic mass is 9.95. The van der Waals surface area contributed by atoms with Crippen LogP contribution >= 0.6 is 0 Å². The summed E-state index contributed by atoms with van der Waals surface area (Å²) in [6, 6.07) is 10.8. The number of likely N-dealkylation sites (tertiary alicyclic amines) is 1. The van der Waals surface area contributed by atoms with Crippen molar-refractivity contribution < 1.29 is 0 Å². The van der Waals surface area contributed by atoms with Crippen LogP contribution in [0, 0.1) is 5.92 Å². The van der Waals surface area contributed by atoms with Crippen molar-refractivity contribution in [1.82, 2.24) is 9.88 Å². The van der Waals surface area contributed by atoms with E-state index in [-0.39, 0.29) is 0 Å². The lowest BCUT2D eigenvalue weighted by molar-refractivity contribution is 0.401. The largest absolute Gasteiger partial charge is 0.374 e. The third-order valence-electron chi connectivity index (χ3n) is 5.67. The van der Waals surface area contributed by atoms with Gasteiger partial charge >= 0.3 is 0 Å². The molecule has 4 rings (SSSR count). The Hall–Kier alpha value is -1.84. The lowest BCUT2D eigenvalue weighted by Crippen LogP contribution is -2.46. The molecule has 1 saturated heterocycles. The number of nitrogens with zero attached hydrogens (tertiary/aromatic N) is 1. The van der Waals surface area contributed by atoms with Crippen molar-refractivity contribution in [1.29, 1.82) is 0 Å². The van der Waals surface area contributed by atoms with Crippen LogP contribution in [-0.4, -0.2) is 26.2 Å². The van der Waals surface area contributed by atoms with Crippen molar-refractivity contribution in [2.75, 3.05) is 13.1 Å². The van der Waals surface area contributed by atoms with Crippen molar-refractivity contribution in [2.24, 2.45) is 5.92 Å². The Bertz CT molecular complexity index is 749. The third kappa shape index (κ3) is 3.31. The highest BCUT2D eigenvalue weighted by Gasteiger charge is 2.37. The molecule has 0 saturated carbocycles. The maximum absolute atomic E-state index is 3.92. The van der Waals surface area contributed by atoms with E-state index < -0.39 is 8.24 Å². The molecule has 1 atom stereocenters. The Morgan fingerprint density at radius 3 is 2.60 bits per heavy atom. The van der Waals surface area contributed by atoms with Gasteiger partial charge in [-0.3, -0.25) is 0 Å². The van der Waals surface area contributed by atoms with Gasteiger partial charge in [-0.1, -0.05) is 67.7 Å². The van der Waals surface area contributed by atoms with Gasteiger partial charge in [-0.2, -0.15) is 0 Å². The minimum atomic E-state index is -1.71. The summed E-state index contributed by atoms with van der Waals surface area (Å²) in [5, 5.41) is 1.58. The number of fused-ring (bicyclic) bond motifs is 1. The fourth-order valence-corrected chi connectivity index (χ4v) is 6.50. The maximum atomic E-state index is 3.92. The van der Waals surface area contributed by atoms with Crippen LogP contribution in [0.25, 0.3) is 0 Å². The zero-order valence-corrected chi connectivity index (χ0v) is 16.3. The molecule has 3 heteroatoms. The molecule has 3 aliphatic rings. The predicted octanol–water partition coefficient (Wildman–Crippen LogP) is 4.55. The molecular weight excluding hydrogens is 320 g/mol. The van der Waals surface area contributed by atoms with Gasteiger partial charge in [-0.25, -0.2) is 0 Å². The van der Waals surface area contributed by atoms with Crippen LogP contribution in [-0.2, 0) is 6.54 Å². The maximum Gasteiger partial charge on any atom is 0.152 e. The summed E-state index contributed by atoms with van der Waals surface area (Å²) in [5.41, 5.74) is 4.43. The van der Waals surface area contributed by atoms with Crippen LogP contribution in [0.1, 0.15) is 18.4 Å². The quantitative estimate of drug-likeness (QED) is 0.785. The number of benzene rings is 1.